The average molecular weight is 535 g/mol. The van der Waals surface area contributed by atoms with Gasteiger partial charge in [0.15, 0.2) is 0 Å². The molecule has 6 atom stereocenters. The largest absolute Gasteiger partial charge is 0.508 e. The molecule has 2 aromatic carbocycles. The number of likely N-dealkylation sites (N-methyl/N-ethyl adjacent to an activating group) is 1. The molecule has 0 aliphatic heterocycles. The van der Waals surface area contributed by atoms with Gasteiger partial charge in [0.05, 0.1) is 19.3 Å². The van der Waals surface area contributed by atoms with Crippen LogP contribution >= 0.6 is 0 Å². The van der Waals surface area contributed by atoms with Crippen LogP contribution in [-0.4, -0.2) is 67.7 Å². The van der Waals surface area contributed by atoms with Crippen LogP contribution in [0.1, 0.15) is 61.1 Å². The first-order valence-electron chi connectivity index (χ1n) is 14.4. The van der Waals surface area contributed by atoms with Crippen molar-refractivity contribution in [3.05, 3.63) is 69.6 Å². The smallest absolute Gasteiger partial charge is 0.119 e. The van der Waals surface area contributed by atoms with Crippen LogP contribution < -0.4 is 4.74 Å². The Balaban J connectivity index is 1.24. The van der Waals surface area contributed by atoms with Gasteiger partial charge in [-0.2, -0.15) is 0 Å². The Bertz CT molecular complexity index is 1170. The highest BCUT2D eigenvalue weighted by atomic mass is 16.5. The molecule has 8 nitrogen and oxygen atoms in total. The monoisotopic (exact) mass is 534 g/mol. The molecular formula is C31H42N4O4. The minimum Gasteiger partial charge on any atom is -0.508 e. The van der Waals surface area contributed by atoms with E-state index in [0.29, 0.717) is 55.8 Å². The van der Waals surface area contributed by atoms with Crippen LogP contribution in [0.5, 0.6) is 11.5 Å². The van der Waals surface area contributed by atoms with Gasteiger partial charge in [0.25, 0.3) is 0 Å². The van der Waals surface area contributed by atoms with Gasteiger partial charge >= 0.3 is 0 Å². The summed E-state index contributed by atoms with van der Waals surface area (Å²) in [6.07, 6.45) is 4.89. The molecule has 0 aromatic heterocycles. The Hall–Kier alpha value is -2.77. The van der Waals surface area contributed by atoms with E-state index < -0.39 is 0 Å². The number of hydrogen-bond acceptors (Lipinski definition) is 6. The molecule has 5 rings (SSSR count). The molecule has 2 aromatic rings. The Labute approximate surface area is 231 Å². The van der Waals surface area contributed by atoms with Gasteiger partial charge in [-0.1, -0.05) is 30.2 Å². The van der Waals surface area contributed by atoms with E-state index in [1.165, 1.54) is 16.7 Å². The molecule has 0 heterocycles. The molecule has 0 saturated heterocycles. The highest BCUT2D eigenvalue weighted by Gasteiger charge is 2.57. The van der Waals surface area contributed by atoms with Crippen molar-refractivity contribution in [2.75, 3.05) is 46.5 Å². The third kappa shape index (κ3) is 5.90. The van der Waals surface area contributed by atoms with Crippen LogP contribution in [0.2, 0.25) is 0 Å². The molecule has 3 unspecified atom stereocenters. The normalized spacial score (nSPS) is 29.3. The first-order valence-corrected chi connectivity index (χ1v) is 14.4. The van der Waals surface area contributed by atoms with Crippen molar-refractivity contribution in [1.82, 2.24) is 4.90 Å². The van der Waals surface area contributed by atoms with Gasteiger partial charge in [-0.25, -0.2) is 0 Å². The number of benzene rings is 2. The highest BCUT2D eigenvalue weighted by Crippen LogP contribution is 2.65. The van der Waals surface area contributed by atoms with Crippen LogP contribution in [0.4, 0.5) is 0 Å². The van der Waals surface area contributed by atoms with E-state index in [1.807, 2.05) is 19.2 Å². The fourth-order valence-electron chi connectivity index (χ4n) is 7.71. The van der Waals surface area contributed by atoms with Crippen molar-refractivity contribution in [3.8, 4) is 11.5 Å². The van der Waals surface area contributed by atoms with Gasteiger partial charge in [0.1, 0.15) is 18.1 Å². The zero-order valence-corrected chi connectivity index (χ0v) is 23.2. The van der Waals surface area contributed by atoms with Gasteiger partial charge in [-0.15, -0.1) is 0 Å². The fraction of sp³-hybridized carbons (Fsp3) is 0.613. The van der Waals surface area contributed by atoms with Crippen LogP contribution in [0.3, 0.4) is 0 Å². The summed E-state index contributed by atoms with van der Waals surface area (Å²) in [6, 6.07) is 14.6. The molecule has 210 valence electrons. The first-order chi connectivity index (χ1) is 18.9. The number of phenols is 1. The quantitative estimate of drug-likeness (QED) is 0.168. The van der Waals surface area contributed by atoms with Gasteiger partial charge < -0.3 is 24.6 Å². The second-order valence-electron chi connectivity index (χ2n) is 11.9. The average Bonchev–Trinajstić information content (AvgIpc) is 3.24. The Morgan fingerprint density at radius 3 is 2.67 bits per heavy atom. The molecular weight excluding hydrogens is 492 g/mol. The maximum Gasteiger partial charge on any atom is 0.119 e. The number of phenolic OH excluding ortho intramolecular Hbond substituents is 1. The molecule has 0 amide bonds. The predicted molar refractivity (Wildman–Crippen MR) is 151 cm³/mol. The first kappa shape index (κ1) is 27.8. The molecule has 2 saturated carbocycles. The summed E-state index contributed by atoms with van der Waals surface area (Å²) in [5.41, 5.74) is 12.2. The maximum atomic E-state index is 11.1. The van der Waals surface area contributed by atoms with E-state index in [0.717, 1.165) is 50.9 Å². The van der Waals surface area contributed by atoms with E-state index in [2.05, 4.69) is 52.2 Å². The zero-order chi connectivity index (χ0) is 27.4. The maximum absolute atomic E-state index is 11.1. The Morgan fingerprint density at radius 1 is 1.08 bits per heavy atom. The lowest BCUT2D eigenvalue weighted by molar-refractivity contribution is -0.0323. The number of aromatic hydroxyl groups is 1. The summed E-state index contributed by atoms with van der Waals surface area (Å²) < 4.78 is 11.5. The number of aliphatic hydroxyl groups is 1. The number of ether oxygens (including phenoxy) is 2. The van der Waals surface area contributed by atoms with E-state index in [1.54, 1.807) is 0 Å². The molecule has 0 radical (unpaired) electrons. The van der Waals surface area contributed by atoms with Crippen LogP contribution in [0, 0.1) is 17.3 Å². The van der Waals surface area contributed by atoms with Crippen molar-refractivity contribution in [1.29, 1.82) is 0 Å². The second-order valence-corrected chi connectivity index (χ2v) is 11.9. The van der Waals surface area contributed by atoms with Gasteiger partial charge in [0, 0.05) is 24.5 Å². The summed E-state index contributed by atoms with van der Waals surface area (Å²) in [5.74, 6) is 3.05. The summed E-state index contributed by atoms with van der Waals surface area (Å²) in [7, 11) is 2.04. The van der Waals surface area contributed by atoms with Crippen LogP contribution in [-0.2, 0) is 11.2 Å². The number of nitrogens with zero attached hydrogens (tertiary/aromatic N) is 4. The number of hydrogen-bond donors (Lipinski definition) is 2. The third-order valence-corrected chi connectivity index (χ3v) is 9.73. The zero-order valence-electron chi connectivity index (χ0n) is 23.2. The van der Waals surface area contributed by atoms with Crippen molar-refractivity contribution < 1.29 is 19.7 Å². The van der Waals surface area contributed by atoms with Crippen LogP contribution in [0.15, 0.2) is 47.6 Å². The van der Waals surface area contributed by atoms with E-state index in [-0.39, 0.29) is 11.5 Å². The SMILES string of the molecule is CN(CCOCCN=[N+]=[N-])CCOc1ccc([C@H]2C[C@@]3(C)C(CC[C@@H]3O)C3CCc4cc(O)ccc4C32)cc1. The minimum atomic E-state index is -0.233. The molecule has 2 N–H and O–H groups in total. The summed E-state index contributed by atoms with van der Waals surface area (Å²) in [4.78, 5) is 4.88. The van der Waals surface area contributed by atoms with Gasteiger partial charge in [0.2, 0.25) is 0 Å². The summed E-state index contributed by atoms with van der Waals surface area (Å²) in [5, 5.41) is 24.7. The number of rotatable bonds is 11. The lowest BCUT2D eigenvalue weighted by Crippen LogP contribution is -2.47. The second kappa shape index (κ2) is 12.2. The van der Waals surface area contributed by atoms with Gasteiger partial charge in [-0.05, 0) is 115 Å². The molecule has 3 aliphatic carbocycles. The summed E-state index contributed by atoms with van der Waals surface area (Å²) in [6.45, 7) is 5.87. The molecule has 39 heavy (non-hydrogen) atoms. The Morgan fingerprint density at radius 2 is 1.87 bits per heavy atom. The topological polar surface area (TPSA) is 111 Å². The third-order valence-electron chi connectivity index (χ3n) is 9.73. The highest BCUT2D eigenvalue weighted by molar-refractivity contribution is 5.43. The predicted octanol–water partition coefficient (Wildman–Crippen LogP) is 5.64. The fourth-order valence-corrected chi connectivity index (χ4v) is 7.71. The number of fused-ring (bicyclic) bond motifs is 5. The standard InChI is InChI=1S/C31H42N4O4/c1-31-20-27(21-3-7-24(8-4-21)39-18-15-35(2)14-17-38-16-13-33-34-32)30-25-10-6-23(36)19-22(25)5-9-26(30)28(31)11-12-29(31)37/h3-4,6-8,10,19,26-30,36-37H,5,9,11-18,20H2,1-2H3/t26?,27-,28?,29+,30?,31+/m1/s1. The lowest BCUT2D eigenvalue weighted by Gasteiger charge is -2.54. The summed E-state index contributed by atoms with van der Waals surface area (Å²) >= 11 is 0. The van der Waals surface area contributed by atoms with E-state index in [9.17, 15) is 10.2 Å². The molecule has 0 spiro atoms. The van der Waals surface area contributed by atoms with Crippen LogP contribution in [0.25, 0.3) is 10.4 Å². The van der Waals surface area contributed by atoms with Crippen molar-refractivity contribution in [2.24, 2.45) is 22.4 Å². The van der Waals surface area contributed by atoms with Gasteiger partial charge in [-0.3, -0.25) is 0 Å². The van der Waals surface area contributed by atoms with E-state index in [4.69, 9.17) is 15.0 Å². The van der Waals surface area contributed by atoms with Crippen molar-refractivity contribution in [3.63, 3.8) is 0 Å². The van der Waals surface area contributed by atoms with Crippen molar-refractivity contribution >= 4 is 0 Å². The number of aryl methyl sites for hydroxylation is 1. The molecule has 8 heteroatoms. The number of azide groups is 1. The minimum absolute atomic E-state index is 0.0489. The molecule has 3 aliphatic rings. The van der Waals surface area contributed by atoms with E-state index >= 15 is 0 Å². The lowest BCUT2D eigenvalue weighted by atomic mass is 9.51. The Kier molecular flexibility index (Phi) is 8.67. The molecule has 0 bridgehead atoms. The van der Waals surface area contributed by atoms with Crippen molar-refractivity contribution in [2.45, 2.75) is 57.0 Å². The molecule has 2 fully saturated rings. The number of aliphatic hydroxyl groups excluding tert-OH is 1.